The molecule has 2 aromatic rings. The molecular formula is C28H43NO3Si. The molecule has 0 N–H and O–H groups in total. The van der Waals surface area contributed by atoms with E-state index in [9.17, 15) is 4.79 Å². The Morgan fingerprint density at radius 1 is 0.788 bits per heavy atom. The van der Waals surface area contributed by atoms with Gasteiger partial charge in [0.25, 0.3) is 8.32 Å². The topological polar surface area (TPSA) is 38.8 Å². The molecule has 2 aromatic carbocycles. The Bertz CT molecular complexity index is 801. The molecule has 0 heterocycles. The Balaban J connectivity index is 1.95. The molecule has 0 bridgehead atoms. The van der Waals surface area contributed by atoms with Crippen molar-refractivity contribution in [3.8, 4) is 0 Å². The van der Waals surface area contributed by atoms with Crippen LogP contribution < -0.4 is 10.4 Å². The number of hydrogen-bond acceptors (Lipinski definition) is 3. The van der Waals surface area contributed by atoms with Crippen LogP contribution in [0.2, 0.25) is 5.04 Å². The quantitative estimate of drug-likeness (QED) is 0.317. The fourth-order valence-electron chi connectivity index (χ4n) is 4.22. The molecule has 2 rings (SSSR count). The number of carbonyl (C=O) groups excluding carboxylic acids is 1. The second kappa shape index (κ2) is 11.8. The number of benzene rings is 2. The minimum absolute atomic E-state index is 0.00579. The number of amides is 1. The van der Waals surface area contributed by atoms with Crippen LogP contribution in [0.4, 0.5) is 4.79 Å². The van der Waals surface area contributed by atoms with Crippen LogP contribution in [-0.4, -0.2) is 45.1 Å². The van der Waals surface area contributed by atoms with Crippen LogP contribution in [0, 0.1) is 0 Å². The first-order valence-corrected chi connectivity index (χ1v) is 14.1. The molecule has 1 amide bonds. The fraction of sp³-hybridized carbons (Fsp3) is 0.536. The van der Waals surface area contributed by atoms with Gasteiger partial charge in [-0.2, -0.15) is 0 Å². The van der Waals surface area contributed by atoms with E-state index in [2.05, 4.69) is 81.4 Å². The number of carbonyl (C=O) groups is 1. The molecule has 5 heteroatoms. The molecule has 0 spiro atoms. The zero-order chi connectivity index (χ0) is 24.5. The largest absolute Gasteiger partial charge is 0.444 e. The molecule has 0 aromatic heterocycles. The van der Waals surface area contributed by atoms with Gasteiger partial charge in [0.05, 0.1) is 0 Å². The third-order valence-corrected chi connectivity index (χ3v) is 10.9. The summed E-state index contributed by atoms with van der Waals surface area (Å²) in [6.45, 7) is 14.1. The molecule has 182 valence electrons. The van der Waals surface area contributed by atoms with E-state index in [4.69, 9.17) is 9.16 Å². The van der Waals surface area contributed by atoms with E-state index >= 15 is 0 Å². The summed E-state index contributed by atoms with van der Waals surface area (Å²) in [6, 6.07) is 21.6. The molecule has 0 atom stereocenters. The molecule has 33 heavy (non-hydrogen) atoms. The van der Waals surface area contributed by atoms with E-state index in [1.807, 2.05) is 20.8 Å². The van der Waals surface area contributed by atoms with E-state index in [0.717, 1.165) is 32.3 Å². The highest BCUT2D eigenvalue weighted by Crippen LogP contribution is 2.36. The minimum atomic E-state index is -2.44. The van der Waals surface area contributed by atoms with Gasteiger partial charge in [-0.1, -0.05) is 94.3 Å². The molecular weight excluding hydrogens is 426 g/mol. The molecule has 0 saturated carbocycles. The van der Waals surface area contributed by atoms with Crippen molar-refractivity contribution in [1.29, 1.82) is 0 Å². The van der Waals surface area contributed by atoms with Gasteiger partial charge in [-0.15, -0.1) is 0 Å². The third-order valence-electron chi connectivity index (χ3n) is 5.83. The van der Waals surface area contributed by atoms with Crippen LogP contribution in [-0.2, 0) is 9.16 Å². The van der Waals surface area contributed by atoms with Crippen molar-refractivity contribution >= 4 is 24.8 Å². The summed E-state index contributed by atoms with van der Waals surface area (Å²) in [6.07, 6.45) is 3.88. The van der Waals surface area contributed by atoms with Crippen molar-refractivity contribution < 1.29 is 14.0 Å². The van der Waals surface area contributed by atoms with Crippen LogP contribution in [0.3, 0.4) is 0 Å². The van der Waals surface area contributed by atoms with E-state index in [1.165, 1.54) is 10.4 Å². The Labute approximate surface area is 202 Å². The van der Waals surface area contributed by atoms with Crippen molar-refractivity contribution in [3.63, 3.8) is 0 Å². The summed E-state index contributed by atoms with van der Waals surface area (Å²) in [7, 11) is -0.637. The molecule has 0 unspecified atom stereocenters. The Hall–Kier alpha value is -2.11. The van der Waals surface area contributed by atoms with E-state index < -0.39 is 13.9 Å². The lowest BCUT2D eigenvalue weighted by Crippen LogP contribution is -2.66. The van der Waals surface area contributed by atoms with Gasteiger partial charge in [0.2, 0.25) is 0 Å². The third kappa shape index (κ3) is 7.72. The number of ether oxygens (including phenoxy) is 1. The predicted molar refractivity (Wildman–Crippen MR) is 141 cm³/mol. The first kappa shape index (κ1) is 27.1. The molecule has 0 fully saturated rings. The summed E-state index contributed by atoms with van der Waals surface area (Å²) >= 11 is 0. The number of rotatable bonds is 10. The standard InChI is InChI=1S/C28H43NO3Si/c1-27(2,3)32-26(30)29(7)22-16-8-9-17-23-31-33(28(4,5)6,24-18-12-10-13-19-24)25-20-14-11-15-21-25/h10-15,18-21H,8-9,16-17,22-23H2,1-7H3. The second-order valence-electron chi connectivity index (χ2n) is 10.8. The van der Waals surface area contributed by atoms with Gasteiger partial charge in [0.15, 0.2) is 0 Å². The smallest absolute Gasteiger partial charge is 0.410 e. The lowest BCUT2D eigenvalue weighted by molar-refractivity contribution is 0.0296. The van der Waals surface area contributed by atoms with Gasteiger partial charge in [0, 0.05) is 20.2 Å². The molecule has 0 aliphatic rings. The first-order chi connectivity index (χ1) is 15.5. The van der Waals surface area contributed by atoms with Gasteiger partial charge in [-0.05, 0) is 49.0 Å². The Kier molecular flexibility index (Phi) is 9.74. The number of hydrogen-bond donors (Lipinski definition) is 0. The molecule has 0 radical (unpaired) electrons. The van der Waals surface area contributed by atoms with Gasteiger partial charge >= 0.3 is 6.09 Å². The number of nitrogens with zero attached hydrogens (tertiary/aromatic N) is 1. The van der Waals surface area contributed by atoms with Crippen LogP contribution >= 0.6 is 0 Å². The van der Waals surface area contributed by atoms with Crippen LogP contribution in [0.1, 0.15) is 67.2 Å². The van der Waals surface area contributed by atoms with E-state index in [0.29, 0.717) is 6.54 Å². The normalized spacial score (nSPS) is 12.5. The van der Waals surface area contributed by atoms with Crippen LogP contribution in [0.25, 0.3) is 0 Å². The van der Waals surface area contributed by atoms with E-state index in [-0.39, 0.29) is 11.1 Å². The highest BCUT2D eigenvalue weighted by atomic mass is 28.4. The second-order valence-corrected chi connectivity index (χ2v) is 15.1. The monoisotopic (exact) mass is 469 g/mol. The van der Waals surface area contributed by atoms with Crippen molar-refractivity contribution in [2.24, 2.45) is 0 Å². The SMILES string of the molecule is CN(CCCCCCO[Si](c1ccccc1)(c1ccccc1)C(C)(C)C)C(=O)OC(C)(C)C. The first-order valence-electron chi connectivity index (χ1n) is 12.2. The van der Waals surface area contributed by atoms with Crippen LogP contribution in [0.15, 0.2) is 60.7 Å². The van der Waals surface area contributed by atoms with Crippen LogP contribution in [0.5, 0.6) is 0 Å². The maximum Gasteiger partial charge on any atom is 0.410 e. The Morgan fingerprint density at radius 2 is 1.27 bits per heavy atom. The van der Waals surface area contributed by atoms with E-state index in [1.54, 1.807) is 11.9 Å². The maximum atomic E-state index is 12.1. The van der Waals surface area contributed by atoms with Gasteiger partial charge in [-0.25, -0.2) is 4.79 Å². The molecule has 4 nitrogen and oxygen atoms in total. The fourth-order valence-corrected chi connectivity index (χ4v) is 8.83. The van der Waals surface area contributed by atoms with Crippen molar-refractivity contribution in [1.82, 2.24) is 4.90 Å². The summed E-state index contributed by atoms with van der Waals surface area (Å²) in [5, 5.41) is 2.65. The average Bonchev–Trinajstić information content (AvgIpc) is 2.74. The van der Waals surface area contributed by atoms with Gasteiger partial charge in [-0.3, -0.25) is 0 Å². The molecule has 0 aliphatic heterocycles. The van der Waals surface area contributed by atoms with Crippen molar-refractivity contribution in [2.45, 2.75) is 77.9 Å². The van der Waals surface area contributed by atoms with Crippen molar-refractivity contribution in [3.05, 3.63) is 60.7 Å². The summed E-state index contributed by atoms with van der Waals surface area (Å²) in [4.78, 5) is 13.8. The average molecular weight is 470 g/mol. The van der Waals surface area contributed by atoms with Crippen molar-refractivity contribution in [2.75, 3.05) is 20.2 Å². The zero-order valence-corrected chi connectivity index (χ0v) is 22.7. The van der Waals surface area contributed by atoms with Gasteiger partial charge in [0.1, 0.15) is 5.60 Å². The highest BCUT2D eigenvalue weighted by Gasteiger charge is 2.49. The predicted octanol–water partition coefficient (Wildman–Crippen LogP) is 5.99. The zero-order valence-electron chi connectivity index (χ0n) is 21.7. The summed E-state index contributed by atoms with van der Waals surface area (Å²) in [5.74, 6) is 0. The lowest BCUT2D eigenvalue weighted by atomic mass is 10.2. The minimum Gasteiger partial charge on any atom is -0.444 e. The lowest BCUT2D eigenvalue weighted by Gasteiger charge is -2.43. The Morgan fingerprint density at radius 3 is 1.73 bits per heavy atom. The molecule has 0 aliphatic carbocycles. The highest BCUT2D eigenvalue weighted by molar-refractivity contribution is 6.99. The molecule has 0 saturated heterocycles. The summed E-state index contributed by atoms with van der Waals surface area (Å²) < 4.78 is 12.4. The van der Waals surface area contributed by atoms with Gasteiger partial charge < -0.3 is 14.1 Å². The summed E-state index contributed by atoms with van der Waals surface area (Å²) in [5.41, 5.74) is -0.455. The number of unbranched alkanes of at least 4 members (excludes halogenated alkanes) is 3. The maximum absolute atomic E-state index is 12.1.